The molecule has 0 aliphatic carbocycles. The van der Waals surface area contributed by atoms with Crippen molar-refractivity contribution in [1.82, 2.24) is 0 Å². The van der Waals surface area contributed by atoms with Crippen LogP contribution in [0.25, 0.3) is 0 Å². The Morgan fingerprint density at radius 3 is 2.19 bits per heavy atom. The van der Waals surface area contributed by atoms with Gasteiger partial charge < -0.3 is 15.3 Å². The number of carbonyl (C=O) groups is 1. The van der Waals surface area contributed by atoms with Crippen LogP contribution >= 0.6 is 0 Å². The molecule has 0 aromatic heterocycles. The Morgan fingerprint density at radius 2 is 1.61 bits per heavy atom. The molecule has 0 radical (unpaired) electrons. The van der Waals surface area contributed by atoms with E-state index in [1.165, 1.54) is 28.9 Å². The van der Waals surface area contributed by atoms with Gasteiger partial charge in [0.05, 0.1) is 5.56 Å². The molecule has 0 aliphatic heterocycles. The summed E-state index contributed by atoms with van der Waals surface area (Å²) in [6.45, 7) is 12.6. The maximum atomic E-state index is 11.5. The number of phenolic OH excluding ortho intramolecular Hbond substituents is 2. The van der Waals surface area contributed by atoms with E-state index in [0.717, 1.165) is 31.3 Å². The second-order valence-electron chi connectivity index (χ2n) is 8.83. The Hall–Kier alpha value is -2.75. The Kier molecular flexibility index (Phi) is 10.9. The molecule has 0 heterocycles. The lowest BCUT2D eigenvalue weighted by Gasteiger charge is -2.14. The molecular formula is C27H38O4. The average Bonchev–Trinajstić information content (AvgIpc) is 2.66. The van der Waals surface area contributed by atoms with Crippen molar-refractivity contribution >= 4 is 5.97 Å². The number of allylic oxidation sites excluding steroid dienone is 8. The van der Waals surface area contributed by atoms with Crippen molar-refractivity contribution in [3.63, 3.8) is 0 Å². The van der Waals surface area contributed by atoms with Gasteiger partial charge in [0, 0.05) is 5.56 Å². The van der Waals surface area contributed by atoms with Crippen molar-refractivity contribution < 1.29 is 20.1 Å². The second kappa shape index (κ2) is 12.8. The van der Waals surface area contributed by atoms with Gasteiger partial charge in [0.25, 0.3) is 0 Å². The highest BCUT2D eigenvalue weighted by molar-refractivity contribution is 5.90. The van der Waals surface area contributed by atoms with Crippen LogP contribution in [0.2, 0.25) is 0 Å². The van der Waals surface area contributed by atoms with E-state index >= 15 is 0 Å². The van der Waals surface area contributed by atoms with Crippen LogP contribution in [0.3, 0.4) is 0 Å². The number of benzene rings is 1. The summed E-state index contributed by atoms with van der Waals surface area (Å²) in [7, 11) is 0. The summed E-state index contributed by atoms with van der Waals surface area (Å²) in [6.07, 6.45) is 13.0. The lowest BCUT2D eigenvalue weighted by Crippen LogP contribution is -2.03. The van der Waals surface area contributed by atoms with Crippen molar-refractivity contribution in [1.29, 1.82) is 0 Å². The minimum Gasteiger partial charge on any atom is -0.504 e. The maximum Gasteiger partial charge on any atom is 0.336 e. The molecule has 170 valence electrons. The normalized spacial score (nSPS) is 13.0. The van der Waals surface area contributed by atoms with Gasteiger partial charge in [-0.3, -0.25) is 0 Å². The molecule has 0 aliphatic rings. The molecule has 0 fully saturated rings. The van der Waals surface area contributed by atoms with Crippen LogP contribution in [0.5, 0.6) is 11.5 Å². The fourth-order valence-corrected chi connectivity index (χ4v) is 3.53. The van der Waals surface area contributed by atoms with Crippen molar-refractivity contribution in [3.8, 4) is 11.5 Å². The topological polar surface area (TPSA) is 77.8 Å². The first-order valence-corrected chi connectivity index (χ1v) is 10.9. The first kappa shape index (κ1) is 26.3. The molecule has 1 atom stereocenters. The summed E-state index contributed by atoms with van der Waals surface area (Å²) in [6, 6.07) is 2.53. The van der Waals surface area contributed by atoms with Crippen LogP contribution in [0, 0.1) is 5.92 Å². The zero-order chi connectivity index (χ0) is 23.6. The zero-order valence-corrected chi connectivity index (χ0v) is 19.8. The smallest absolute Gasteiger partial charge is 0.336 e. The number of phenols is 2. The number of hydrogen-bond acceptors (Lipinski definition) is 3. The third-order valence-electron chi connectivity index (χ3n) is 5.16. The highest BCUT2D eigenvalue weighted by atomic mass is 16.4. The van der Waals surface area contributed by atoms with Gasteiger partial charge in [-0.05, 0) is 91.7 Å². The first-order valence-electron chi connectivity index (χ1n) is 10.9. The van der Waals surface area contributed by atoms with E-state index in [1.54, 1.807) is 0 Å². The van der Waals surface area contributed by atoms with E-state index in [1.807, 2.05) is 13.0 Å². The Bertz CT molecular complexity index is 877. The van der Waals surface area contributed by atoms with Crippen LogP contribution in [0.1, 0.15) is 83.1 Å². The molecule has 0 bridgehead atoms. The lowest BCUT2D eigenvalue weighted by atomic mass is 9.92. The molecule has 0 saturated carbocycles. The van der Waals surface area contributed by atoms with E-state index in [4.69, 9.17) is 0 Å². The maximum absolute atomic E-state index is 11.5. The summed E-state index contributed by atoms with van der Waals surface area (Å²) >= 11 is 0. The largest absolute Gasteiger partial charge is 0.504 e. The van der Waals surface area contributed by atoms with E-state index in [2.05, 4.69) is 52.8 Å². The second-order valence-corrected chi connectivity index (χ2v) is 8.83. The highest BCUT2D eigenvalue weighted by Gasteiger charge is 2.16. The van der Waals surface area contributed by atoms with Gasteiger partial charge in [0.2, 0.25) is 0 Å². The predicted octanol–water partition coefficient (Wildman–Crippen LogP) is 7.34. The molecule has 1 aromatic carbocycles. The monoisotopic (exact) mass is 426 g/mol. The van der Waals surface area contributed by atoms with Gasteiger partial charge in [-0.25, -0.2) is 4.79 Å². The van der Waals surface area contributed by atoms with E-state index in [-0.39, 0.29) is 29.0 Å². The fraction of sp³-hybridized carbons (Fsp3) is 0.444. The van der Waals surface area contributed by atoms with Gasteiger partial charge >= 0.3 is 5.97 Å². The third-order valence-corrected chi connectivity index (χ3v) is 5.16. The number of aromatic hydroxyl groups is 2. The Labute approximate surface area is 187 Å². The molecule has 3 N–H and O–H groups in total. The van der Waals surface area contributed by atoms with Crippen molar-refractivity contribution in [2.45, 2.75) is 73.6 Å². The van der Waals surface area contributed by atoms with Crippen LogP contribution < -0.4 is 0 Å². The minimum atomic E-state index is -1.12. The van der Waals surface area contributed by atoms with E-state index in [0.29, 0.717) is 5.92 Å². The number of carboxylic acid groups (broad SMARTS) is 1. The number of rotatable bonds is 11. The predicted molar refractivity (Wildman–Crippen MR) is 129 cm³/mol. The van der Waals surface area contributed by atoms with Crippen molar-refractivity contribution in [3.05, 3.63) is 69.9 Å². The van der Waals surface area contributed by atoms with Crippen molar-refractivity contribution in [2.24, 2.45) is 5.92 Å². The minimum absolute atomic E-state index is 0.00937. The van der Waals surface area contributed by atoms with Crippen LogP contribution in [0.15, 0.2) is 58.7 Å². The van der Waals surface area contributed by atoms with Crippen LogP contribution in [-0.4, -0.2) is 21.3 Å². The van der Waals surface area contributed by atoms with Gasteiger partial charge in [0.15, 0.2) is 11.5 Å². The quantitative estimate of drug-likeness (QED) is 0.255. The Morgan fingerprint density at radius 1 is 0.935 bits per heavy atom. The molecule has 1 unspecified atom stereocenters. The van der Waals surface area contributed by atoms with Gasteiger partial charge in [-0.2, -0.15) is 0 Å². The summed E-state index contributed by atoms with van der Waals surface area (Å²) < 4.78 is 0. The standard InChI is InChI=1S/C27H38O4/c1-18(2)8-7-9-20(5)10-12-22(16-19(3)4)17-21(6)11-13-23-24(27(30)31)14-15-25(28)26(23)29/h8,10-11,14-16,22,28-29H,7,9,12-13,17H2,1-6H3,(H,30,31)/b20-10+,21-11+. The van der Waals surface area contributed by atoms with E-state index in [9.17, 15) is 20.1 Å². The van der Waals surface area contributed by atoms with Crippen LogP contribution in [0.4, 0.5) is 0 Å². The molecule has 0 saturated heterocycles. The average molecular weight is 427 g/mol. The molecule has 0 spiro atoms. The lowest BCUT2D eigenvalue weighted by molar-refractivity contribution is 0.0695. The summed E-state index contributed by atoms with van der Waals surface area (Å²) in [4.78, 5) is 11.5. The first-order chi connectivity index (χ1) is 14.5. The SMILES string of the molecule is CC(C)=CCC/C(C)=C/CC(C=C(C)C)C/C(C)=C/Cc1c(C(=O)O)ccc(O)c1O. The molecule has 4 nitrogen and oxygen atoms in total. The molecule has 31 heavy (non-hydrogen) atoms. The molecule has 4 heteroatoms. The molecular weight excluding hydrogens is 388 g/mol. The highest BCUT2D eigenvalue weighted by Crippen LogP contribution is 2.32. The molecule has 1 rings (SSSR count). The molecule has 1 aromatic rings. The fourth-order valence-electron chi connectivity index (χ4n) is 3.53. The Balaban J connectivity index is 2.91. The van der Waals surface area contributed by atoms with Crippen molar-refractivity contribution in [2.75, 3.05) is 0 Å². The van der Waals surface area contributed by atoms with E-state index < -0.39 is 5.97 Å². The number of hydrogen-bond donors (Lipinski definition) is 3. The summed E-state index contributed by atoms with van der Waals surface area (Å²) in [5.41, 5.74) is 5.38. The number of aromatic carboxylic acids is 1. The van der Waals surface area contributed by atoms with Gasteiger partial charge in [-0.15, -0.1) is 0 Å². The number of carboxylic acids is 1. The summed E-state index contributed by atoms with van der Waals surface area (Å²) in [5.74, 6) is -1.43. The van der Waals surface area contributed by atoms with Gasteiger partial charge in [-0.1, -0.05) is 46.6 Å². The third kappa shape index (κ3) is 9.73. The molecule has 0 amide bonds. The van der Waals surface area contributed by atoms with Crippen LogP contribution in [-0.2, 0) is 6.42 Å². The zero-order valence-electron chi connectivity index (χ0n) is 19.8. The summed E-state index contributed by atoms with van der Waals surface area (Å²) in [5, 5.41) is 29.2. The van der Waals surface area contributed by atoms with Gasteiger partial charge in [0.1, 0.15) is 0 Å².